The van der Waals surface area contributed by atoms with Gasteiger partial charge in [0.05, 0.1) is 10.6 Å². The van der Waals surface area contributed by atoms with Crippen LogP contribution in [-0.4, -0.2) is 44.3 Å². The van der Waals surface area contributed by atoms with E-state index < -0.39 is 28.5 Å². The highest BCUT2D eigenvalue weighted by molar-refractivity contribution is 7.92. The number of aryl methyl sites for hydroxylation is 1. The van der Waals surface area contributed by atoms with Crippen LogP contribution in [-0.2, 0) is 32.6 Å². The van der Waals surface area contributed by atoms with Gasteiger partial charge in [-0.15, -0.1) is 0 Å². The van der Waals surface area contributed by atoms with E-state index >= 15 is 0 Å². The van der Waals surface area contributed by atoms with E-state index in [1.165, 1.54) is 17.0 Å². The maximum Gasteiger partial charge on any atom is 0.264 e. The number of carbonyl (C=O) groups excluding carboxylic acids is 2. The molecular weight excluding hydrogens is 641 g/mol. The van der Waals surface area contributed by atoms with Gasteiger partial charge in [0.1, 0.15) is 12.6 Å². The van der Waals surface area contributed by atoms with E-state index in [9.17, 15) is 18.0 Å². The maximum atomic E-state index is 14.6. The molecule has 0 saturated heterocycles. The first-order valence-corrected chi connectivity index (χ1v) is 17.4. The molecule has 2 amide bonds. The van der Waals surface area contributed by atoms with Gasteiger partial charge in [-0.25, -0.2) is 8.42 Å². The van der Waals surface area contributed by atoms with E-state index in [-0.39, 0.29) is 29.5 Å². The highest BCUT2D eigenvalue weighted by Gasteiger charge is 2.35. The smallest absolute Gasteiger partial charge is 0.264 e. The molecule has 0 saturated carbocycles. The molecule has 4 aromatic carbocycles. The Bertz CT molecular complexity index is 1750. The molecule has 0 aliphatic rings. The number of benzene rings is 4. The first kappa shape index (κ1) is 35.0. The van der Waals surface area contributed by atoms with Gasteiger partial charge in [-0.2, -0.15) is 0 Å². The van der Waals surface area contributed by atoms with Crippen LogP contribution in [0.25, 0.3) is 0 Å². The third kappa shape index (κ3) is 8.90. The first-order valence-electron chi connectivity index (χ1n) is 15.2. The van der Waals surface area contributed by atoms with Crippen molar-refractivity contribution in [3.05, 3.63) is 129 Å². The Morgan fingerprint density at radius 1 is 0.848 bits per heavy atom. The minimum absolute atomic E-state index is 0.0322. The number of rotatable bonds is 14. The standard InChI is InChI=1S/C36H39Cl2N3O4S/c1-4-5-21-39-36(43)34(23-28-11-7-6-8-12-28)40(24-29-13-9-14-30(37)22-29)35(42)25-41(33-16-10-15-32(38)27(33)3)46(44,45)31-19-17-26(2)18-20-31/h6-20,22,34H,4-5,21,23-25H2,1-3H3,(H,39,43)/t34-/m0/s1. The molecule has 1 N–H and O–H groups in total. The lowest BCUT2D eigenvalue weighted by Crippen LogP contribution is -2.53. The molecule has 10 heteroatoms. The Balaban J connectivity index is 1.82. The summed E-state index contributed by atoms with van der Waals surface area (Å²) in [6.45, 7) is 5.53. The summed E-state index contributed by atoms with van der Waals surface area (Å²) in [7, 11) is -4.24. The van der Waals surface area contributed by atoms with Crippen molar-refractivity contribution in [1.29, 1.82) is 0 Å². The van der Waals surface area contributed by atoms with Crippen LogP contribution in [0.4, 0.5) is 5.69 Å². The summed E-state index contributed by atoms with van der Waals surface area (Å²) in [6.07, 6.45) is 1.90. The number of anilines is 1. The highest BCUT2D eigenvalue weighted by Crippen LogP contribution is 2.31. The number of sulfonamides is 1. The third-order valence-corrected chi connectivity index (χ3v) is 10.2. The highest BCUT2D eigenvalue weighted by atomic mass is 35.5. The molecule has 0 heterocycles. The van der Waals surface area contributed by atoms with Crippen LogP contribution in [0.2, 0.25) is 10.0 Å². The number of halogens is 2. The van der Waals surface area contributed by atoms with Crippen molar-refractivity contribution in [2.45, 2.75) is 57.5 Å². The van der Waals surface area contributed by atoms with Crippen LogP contribution in [0.1, 0.15) is 42.0 Å². The zero-order chi connectivity index (χ0) is 33.3. The van der Waals surface area contributed by atoms with Crippen LogP contribution in [0.15, 0.2) is 102 Å². The van der Waals surface area contributed by atoms with Gasteiger partial charge in [-0.3, -0.25) is 13.9 Å². The molecule has 0 aliphatic heterocycles. The molecule has 0 unspecified atom stereocenters. The molecule has 0 radical (unpaired) electrons. The van der Waals surface area contributed by atoms with Gasteiger partial charge >= 0.3 is 0 Å². The predicted molar refractivity (Wildman–Crippen MR) is 186 cm³/mol. The topological polar surface area (TPSA) is 86.8 Å². The van der Waals surface area contributed by atoms with E-state index in [0.717, 1.165) is 28.3 Å². The largest absolute Gasteiger partial charge is 0.354 e. The fraction of sp³-hybridized carbons (Fsp3) is 0.278. The normalized spacial score (nSPS) is 11.9. The Hall–Kier alpha value is -3.85. The fourth-order valence-electron chi connectivity index (χ4n) is 5.11. The lowest BCUT2D eigenvalue weighted by Gasteiger charge is -2.34. The molecule has 1 atom stereocenters. The Labute approximate surface area is 282 Å². The summed E-state index contributed by atoms with van der Waals surface area (Å²) < 4.78 is 29.6. The number of unbranched alkanes of at least 4 members (excludes halogenated alkanes) is 1. The van der Waals surface area contributed by atoms with Gasteiger partial charge in [0.2, 0.25) is 11.8 Å². The number of carbonyl (C=O) groups is 2. The lowest BCUT2D eigenvalue weighted by atomic mass is 10.0. The quantitative estimate of drug-likeness (QED) is 0.141. The summed E-state index contributed by atoms with van der Waals surface area (Å²) in [5.41, 5.74) is 3.23. The Morgan fingerprint density at radius 3 is 2.20 bits per heavy atom. The minimum atomic E-state index is -4.24. The molecule has 4 rings (SSSR count). The van der Waals surface area contributed by atoms with E-state index in [2.05, 4.69) is 5.32 Å². The predicted octanol–water partition coefficient (Wildman–Crippen LogP) is 7.36. The molecule has 7 nitrogen and oxygen atoms in total. The second-order valence-electron chi connectivity index (χ2n) is 11.2. The van der Waals surface area contributed by atoms with Crippen LogP contribution in [0, 0.1) is 13.8 Å². The summed E-state index contributed by atoms with van der Waals surface area (Å²) in [5.74, 6) is -0.874. The van der Waals surface area contributed by atoms with Crippen molar-refractivity contribution < 1.29 is 18.0 Å². The van der Waals surface area contributed by atoms with E-state index in [1.54, 1.807) is 55.5 Å². The zero-order valence-electron chi connectivity index (χ0n) is 26.2. The number of hydrogen-bond acceptors (Lipinski definition) is 4. The Morgan fingerprint density at radius 2 is 1.52 bits per heavy atom. The van der Waals surface area contributed by atoms with Crippen molar-refractivity contribution in [3.63, 3.8) is 0 Å². The van der Waals surface area contributed by atoms with Gasteiger partial charge in [-0.1, -0.05) is 103 Å². The van der Waals surface area contributed by atoms with Crippen LogP contribution in [0.5, 0.6) is 0 Å². The zero-order valence-corrected chi connectivity index (χ0v) is 28.6. The second-order valence-corrected chi connectivity index (χ2v) is 13.9. The number of nitrogens with one attached hydrogen (secondary N) is 1. The summed E-state index contributed by atoms with van der Waals surface area (Å²) in [6, 6.07) is 27.0. The SMILES string of the molecule is CCCCNC(=O)[C@H](Cc1ccccc1)N(Cc1cccc(Cl)c1)C(=O)CN(c1cccc(Cl)c1C)S(=O)(=O)c1ccc(C)cc1. The summed E-state index contributed by atoms with van der Waals surface area (Å²) in [5, 5.41) is 3.84. The van der Waals surface area contributed by atoms with Gasteiger partial charge < -0.3 is 10.2 Å². The van der Waals surface area contributed by atoms with Gasteiger partial charge in [0, 0.05) is 29.6 Å². The second kappa shape index (κ2) is 16.1. The van der Waals surface area contributed by atoms with Gasteiger partial charge in [-0.05, 0) is 73.4 Å². The van der Waals surface area contributed by atoms with Crippen LogP contribution >= 0.6 is 23.2 Å². The average Bonchev–Trinajstić information content (AvgIpc) is 3.03. The molecule has 242 valence electrons. The fourth-order valence-corrected chi connectivity index (χ4v) is 6.96. The average molecular weight is 681 g/mol. The van der Waals surface area contributed by atoms with Crippen molar-refractivity contribution in [2.24, 2.45) is 0 Å². The van der Waals surface area contributed by atoms with Crippen molar-refractivity contribution >= 4 is 50.7 Å². The molecular formula is C36H39Cl2N3O4S. The monoisotopic (exact) mass is 679 g/mol. The molecule has 0 bridgehead atoms. The van der Waals surface area contributed by atoms with E-state index in [0.29, 0.717) is 27.7 Å². The van der Waals surface area contributed by atoms with Gasteiger partial charge in [0.25, 0.3) is 10.0 Å². The van der Waals surface area contributed by atoms with Crippen LogP contribution < -0.4 is 9.62 Å². The first-order chi connectivity index (χ1) is 22.0. The minimum Gasteiger partial charge on any atom is -0.354 e. The van der Waals surface area contributed by atoms with E-state index in [1.807, 2.05) is 50.2 Å². The third-order valence-electron chi connectivity index (χ3n) is 7.74. The van der Waals surface area contributed by atoms with Crippen molar-refractivity contribution in [1.82, 2.24) is 10.2 Å². The Kier molecular flexibility index (Phi) is 12.3. The molecule has 46 heavy (non-hydrogen) atoms. The number of amides is 2. The molecule has 0 fully saturated rings. The van der Waals surface area contributed by atoms with Crippen molar-refractivity contribution in [2.75, 3.05) is 17.4 Å². The molecule has 0 aliphatic carbocycles. The lowest BCUT2D eigenvalue weighted by molar-refractivity contribution is -0.140. The molecule has 0 aromatic heterocycles. The van der Waals surface area contributed by atoms with E-state index in [4.69, 9.17) is 23.2 Å². The number of nitrogens with zero attached hydrogens (tertiary/aromatic N) is 2. The maximum absolute atomic E-state index is 14.6. The van der Waals surface area contributed by atoms with Gasteiger partial charge in [0.15, 0.2) is 0 Å². The molecule has 4 aromatic rings. The number of hydrogen-bond donors (Lipinski definition) is 1. The molecule has 0 spiro atoms. The summed E-state index contributed by atoms with van der Waals surface area (Å²) in [4.78, 5) is 29.9. The van der Waals surface area contributed by atoms with Crippen LogP contribution in [0.3, 0.4) is 0 Å². The van der Waals surface area contributed by atoms with Crippen molar-refractivity contribution in [3.8, 4) is 0 Å². The summed E-state index contributed by atoms with van der Waals surface area (Å²) >= 11 is 12.8.